The number of rotatable bonds is 4. The van der Waals surface area contributed by atoms with Crippen molar-refractivity contribution >= 4 is 18.3 Å². The van der Waals surface area contributed by atoms with Gasteiger partial charge in [-0.2, -0.15) is 0 Å². The van der Waals surface area contributed by atoms with Gasteiger partial charge in [0.25, 0.3) is 0 Å². The first-order valence-electron chi connectivity index (χ1n) is 8.80. The Morgan fingerprint density at radius 1 is 1.21 bits per heavy atom. The van der Waals surface area contributed by atoms with E-state index in [2.05, 4.69) is 29.3 Å². The number of carbonyl (C=O) groups excluding carboxylic acids is 1. The zero-order valence-corrected chi connectivity index (χ0v) is 15.5. The van der Waals surface area contributed by atoms with Gasteiger partial charge in [-0.1, -0.05) is 19.1 Å². The molecule has 5 heteroatoms. The topological polar surface area (TPSA) is 41.6 Å². The Hall–Kier alpha value is -1.26. The Morgan fingerprint density at radius 3 is 2.33 bits per heavy atom. The summed E-state index contributed by atoms with van der Waals surface area (Å²) >= 11 is 0. The van der Waals surface area contributed by atoms with E-state index in [0.29, 0.717) is 12.3 Å². The molecule has 0 bridgehead atoms. The Kier molecular flexibility index (Phi) is 6.93. The van der Waals surface area contributed by atoms with Crippen LogP contribution in [0, 0.1) is 11.8 Å². The lowest BCUT2D eigenvalue weighted by Crippen LogP contribution is -2.33. The molecule has 2 aliphatic rings. The van der Waals surface area contributed by atoms with Gasteiger partial charge in [0.05, 0.1) is 7.11 Å². The van der Waals surface area contributed by atoms with Gasteiger partial charge in [-0.05, 0) is 61.4 Å². The van der Waals surface area contributed by atoms with Gasteiger partial charge in [0.15, 0.2) is 0 Å². The molecule has 0 radical (unpaired) electrons. The predicted octanol–water partition coefficient (Wildman–Crippen LogP) is 3.07. The van der Waals surface area contributed by atoms with Crippen molar-refractivity contribution in [2.24, 2.45) is 11.8 Å². The summed E-state index contributed by atoms with van der Waals surface area (Å²) in [6, 6.07) is 8.07. The van der Waals surface area contributed by atoms with E-state index in [4.69, 9.17) is 4.74 Å². The fraction of sp³-hybridized carbons (Fsp3) is 0.632. The summed E-state index contributed by atoms with van der Waals surface area (Å²) in [6.07, 6.45) is 2.90. The number of ether oxygens (including phenoxy) is 1. The molecule has 1 aromatic carbocycles. The van der Waals surface area contributed by atoms with Crippen molar-refractivity contribution in [3.8, 4) is 5.75 Å². The summed E-state index contributed by atoms with van der Waals surface area (Å²) in [6.45, 7) is 6.26. The largest absolute Gasteiger partial charge is 0.497 e. The highest BCUT2D eigenvalue weighted by atomic mass is 35.5. The highest BCUT2D eigenvalue weighted by Crippen LogP contribution is 2.28. The second-order valence-corrected chi connectivity index (χ2v) is 7.01. The van der Waals surface area contributed by atoms with Crippen molar-refractivity contribution < 1.29 is 9.53 Å². The molecule has 1 N–H and O–H groups in total. The second kappa shape index (κ2) is 8.72. The number of benzene rings is 1. The molecule has 4 nitrogen and oxygen atoms in total. The van der Waals surface area contributed by atoms with Crippen molar-refractivity contribution in [1.29, 1.82) is 0 Å². The molecule has 0 aromatic heterocycles. The van der Waals surface area contributed by atoms with E-state index in [-0.39, 0.29) is 18.3 Å². The Bertz CT molecular complexity index is 521. The highest BCUT2D eigenvalue weighted by molar-refractivity contribution is 5.85. The lowest BCUT2D eigenvalue weighted by atomic mass is 9.92. The van der Waals surface area contributed by atoms with Gasteiger partial charge in [-0.15, -0.1) is 12.4 Å². The average Bonchev–Trinajstić information content (AvgIpc) is 2.93. The molecule has 3 rings (SSSR count). The molecule has 2 heterocycles. The molecule has 2 aliphatic heterocycles. The molecule has 0 saturated carbocycles. The van der Waals surface area contributed by atoms with Gasteiger partial charge in [-0.3, -0.25) is 4.79 Å². The standard InChI is InChI=1S/C19H28N2O2.ClH/c1-14(15-3-5-18(23-2)6-4-15)11-19(22)21-9-7-16-12-20-13-17(16)8-10-21;/h3-6,14,16-17,20H,7-13H2,1-2H3;1H/t14?,16-,17+;. The Morgan fingerprint density at radius 2 is 1.79 bits per heavy atom. The number of methoxy groups -OCH3 is 1. The third kappa shape index (κ3) is 4.42. The molecule has 1 amide bonds. The van der Waals surface area contributed by atoms with Crippen molar-refractivity contribution in [2.75, 3.05) is 33.3 Å². The van der Waals surface area contributed by atoms with Gasteiger partial charge in [0, 0.05) is 19.5 Å². The first-order valence-corrected chi connectivity index (χ1v) is 8.80. The minimum atomic E-state index is 0. The number of fused-ring (bicyclic) bond motifs is 1. The van der Waals surface area contributed by atoms with E-state index in [1.165, 1.54) is 5.56 Å². The number of nitrogens with one attached hydrogen (secondary N) is 1. The monoisotopic (exact) mass is 352 g/mol. The average molecular weight is 353 g/mol. The number of carbonyl (C=O) groups is 1. The summed E-state index contributed by atoms with van der Waals surface area (Å²) in [5.74, 6) is 2.96. The van der Waals surface area contributed by atoms with E-state index in [1.807, 2.05) is 12.1 Å². The van der Waals surface area contributed by atoms with Gasteiger partial charge in [0.1, 0.15) is 5.75 Å². The van der Waals surface area contributed by atoms with Crippen molar-refractivity contribution in [3.05, 3.63) is 29.8 Å². The Labute approximate surface area is 151 Å². The van der Waals surface area contributed by atoms with Crippen LogP contribution >= 0.6 is 12.4 Å². The SMILES string of the molecule is COc1ccc(C(C)CC(=O)N2CC[C@@H]3CNC[C@@H]3CC2)cc1.Cl. The number of amides is 1. The van der Waals surface area contributed by atoms with Crippen molar-refractivity contribution in [2.45, 2.75) is 32.1 Å². The second-order valence-electron chi connectivity index (χ2n) is 7.01. The predicted molar refractivity (Wildman–Crippen MR) is 98.9 cm³/mol. The normalized spacial score (nSPS) is 24.5. The smallest absolute Gasteiger partial charge is 0.223 e. The van der Waals surface area contributed by atoms with E-state index in [0.717, 1.165) is 56.6 Å². The van der Waals surface area contributed by atoms with Crippen molar-refractivity contribution in [3.63, 3.8) is 0 Å². The van der Waals surface area contributed by atoms with Gasteiger partial charge < -0.3 is 15.0 Å². The van der Waals surface area contributed by atoms with Crippen LogP contribution in [0.3, 0.4) is 0 Å². The quantitative estimate of drug-likeness (QED) is 0.905. The first kappa shape index (κ1) is 19.1. The van der Waals surface area contributed by atoms with Gasteiger partial charge in [0.2, 0.25) is 5.91 Å². The van der Waals surface area contributed by atoms with E-state index < -0.39 is 0 Å². The number of hydrogen-bond acceptors (Lipinski definition) is 3. The lowest BCUT2D eigenvalue weighted by molar-refractivity contribution is -0.131. The number of likely N-dealkylation sites (tertiary alicyclic amines) is 1. The summed E-state index contributed by atoms with van der Waals surface area (Å²) < 4.78 is 5.19. The van der Waals surface area contributed by atoms with E-state index in [1.54, 1.807) is 7.11 Å². The van der Waals surface area contributed by atoms with E-state index >= 15 is 0 Å². The minimum Gasteiger partial charge on any atom is -0.497 e. The number of nitrogens with zero attached hydrogens (tertiary/aromatic N) is 1. The molecule has 3 atom stereocenters. The molecule has 0 spiro atoms. The van der Waals surface area contributed by atoms with Gasteiger partial charge >= 0.3 is 0 Å². The number of halogens is 1. The molecular formula is C19H29ClN2O2. The highest BCUT2D eigenvalue weighted by Gasteiger charge is 2.31. The fourth-order valence-corrected chi connectivity index (χ4v) is 3.91. The van der Waals surface area contributed by atoms with Crippen LogP contribution in [-0.2, 0) is 4.79 Å². The van der Waals surface area contributed by atoms with Gasteiger partial charge in [-0.25, -0.2) is 0 Å². The maximum absolute atomic E-state index is 12.7. The molecule has 1 aromatic rings. The zero-order chi connectivity index (χ0) is 16.2. The van der Waals surface area contributed by atoms with E-state index in [9.17, 15) is 4.79 Å². The Balaban J connectivity index is 0.00000208. The minimum absolute atomic E-state index is 0. The van der Waals surface area contributed by atoms with Crippen LogP contribution in [0.15, 0.2) is 24.3 Å². The summed E-state index contributed by atoms with van der Waals surface area (Å²) in [5.41, 5.74) is 1.20. The fourth-order valence-electron chi connectivity index (χ4n) is 3.91. The molecule has 0 aliphatic carbocycles. The van der Waals surface area contributed by atoms with Crippen LogP contribution in [0.5, 0.6) is 5.75 Å². The van der Waals surface area contributed by atoms with Crippen LogP contribution < -0.4 is 10.1 Å². The zero-order valence-electron chi connectivity index (χ0n) is 14.7. The summed E-state index contributed by atoms with van der Waals surface area (Å²) in [5, 5.41) is 3.49. The molecule has 1 unspecified atom stereocenters. The summed E-state index contributed by atoms with van der Waals surface area (Å²) in [7, 11) is 1.67. The van der Waals surface area contributed by atoms with Crippen LogP contribution in [0.1, 0.15) is 37.7 Å². The maximum Gasteiger partial charge on any atom is 0.223 e. The van der Waals surface area contributed by atoms with Crippen LogP contribution in [0.4, 0.5) is 0 Å². The third-order valence-electron chi connectivity index (χ3n) is 5.54. The molecule has 24 heavy (non-hydrogen) atoms. The first-order chi connectivity index (χ1) is 11.2. The van der Waals surface area contributed by atoms with Crippen LogP contribution in [-0.4, -0.2) is 44.1 Å². The molecular weight excluding hydrogens is 324 g/mol. The lowest BCUT2D eigenvalue weighted by Gasteiger charge is -2.23. The molecule has 2 saturated heterocycles. The summed E-state index contributed by atoms with van der Waals surface area (Å²) in [4.78, 5) is 14.8. The molecule has 2 fully saturated rings. The molecule has 134 valence electrons. The maximum atomic E-state index is 12.7. The van der Waals surface area contributed by atoms with Crippen molar-refractivity contribution in [1.82, 2.24) is 10.2 Å². The third-order valence-corrected chi connectivity index (χ3v) is 5.54. The van der Waals surface area contributed by atoms with Crippen LogP contribution in [0.25, 0.3) is 0 Å². The number of hydrogen-bond donors (Lipinski definition) is 1. The van der Waals surface area contributed by atoms with Crippen LogP contribution in [0.2, 0.25) is 0 Å².